The van der Waals surface area contributed by atoms with Crippen LogP contribution in [0.15, 0.2) is 0 Å². The smallest absolute Gasteiger partial charge is 0.323 e. The van der Waals surface area contributed by atoms with E-state index in [0.29, 0.717) is 6.04 Å². The molecule has 0 unspecified atom stereocenters. The zero-order valence-electron chi connectivity index (χ0n) is 9.24. The van der Waals surface area contributed by atoms with Crippen molar-refractivity contribution in [2.45, 2.75) is 38.1 Å². The Balaban J connectivity index is 1.79. The topological polar surface area (TPSA) is 47.4 Å². The second-order valence-corrected chi connectivity index (χ2v) is 4.62. The summed E-state index contributed by atoms with van der Waals surface area (Å²) in [4.78, 5) is 15.1. The number of rotatable bonds is 1. The fourth-order valence-corrected chi connectivity index (χ4v) is 2.72. The average Bonchev–Trinajstić information content (AvgIpc) is 2.30. The van der Waals surface area contributed by atoms with Gasteiger partial charge in [-0.1, -0.05) is 6.42 Å². The third-order valence-corrected chi connectivity index (χ3v) is 3.66. The van der Waals surface area contributed by atoms with Crippen LogP contribution in [0.4, 0.5) is 4.79 Å². The molecular weight excluding hydrogens is 190 g/mol. The number of piperidine rings is 2. The van der Waals surface area contributed by atoms with Gasteiger partial charge in [-0.05, 0) is 38.8 Å². The molecule has 2 amide bonds. The Hall–Kier alpha value is -0.770. The first-order valence-corrected chi connectivity index (χ1v) is 6.02. The van der Waals surface area contributed by atoms with Crippen molar-refractivity contribution in [3.05, 3.63) is 0 Å². The summed E-state index contributed by atoms with van der Waals surface area (Å²) < 4.78 is 0. The van der Waals surface area contributed by atoms with E-state index in [1.165, 1.54) is 32.4 Å². The molecule has 0 saturated carbocycles. The van der Waals surface area contributed by atoms with Crippen molar-refractivity contribution in [3.8, 4) is 0 Å². The lowest BCUT2D eigenvalue weighted by Crippen LogP contribution is -2.48. The van der Waals surface area contributed by atoms with Gasteiger partial charge in [-0.2, -0.15) is 0 Å². The van der Waals surface area contributed by atoms with Crippen molar-refractivity contribution >= 4 is 6.03 Å². The Labute approximate surface area is 91.4 Å². The first kappa shape index (κ1) is 10.7. The number of hydrogen-bond acceptors (Lipinski definition) is 2. The third-order valence-electron chi connectivity index (χ3n) is 3.66. The molecule has 4 nitrogen and oxygen atoms in total. The molecular formula is C11H20N3O. The minimum Gasteiger partial charge on any atom is -0.323 e. The van der Waals surface area contributed by atoms with E-state index in [4.69, 9.17) is 5.73 Å². The number of nitrogens with zero attached hydrogens (tertiary/aromatic N) is 2. The van der Waals surface area contributed by atoms with Crippen LogP contribution >= 0.6 is 0 Å². The van der Waals surface area contributed by atoms with Gasteiger partial charge in [0.1, 0.15) is 0 Å². The third kappa shape index (κ3) is 2.62. The van der Waals surface area contributed by atoms with E-state index < -0.39 is 6.03 Å². The lowest BCUT2D eigenvalue weighted by Gasteiger charge is -2.39. The fraction of sp³-hybridized carbons (Fsp3) is 0.909. The zero-order chi connectivity index (χ0) is 10.7. The van der Waals surface area contributed by atoms with E-state index in [1.54, 1.807) is 4.90 Å². The summed E-state index contributed by atoms with van der Waals surface area (Å²) in [6, 6.07) is 0.160. The maximum atomic E-state index is 10.9. The SMILES string of the molecule is [NH]C(=O)N1CCC(N2CCCCC2)CC1. The van der Waals surface area contributed by atoms with Crippen molar-refractivity contribution in [1.82, 2.24) is 15.5 Å². The van der Waals surface area contributed by atoms with Crippen LogP contribution in [0, 0.1) is 0 Å². The summed E-state index contributed by atoms with van der Waals surface area (Å²) in [7, 11) is 0. The molecule has 2 saturated heterocycles. The molecule has 2 aliphatic heterocycles. The quantitative estimate of drug-likeness (QED) is 0.655. The molecule has 2 heterocycles. The van der Waals surface area contributed by atoms with Crippen molar-refractivity contribution < 1.29 is 4.79 Å². The monoisotopic (exact) mass is 210 g/mol. The predicted molar refractivity (Wildman–Crippen MR) is 58.5 cm³/mol. The van der Waals surface area contributed by atoms with Gasteiger partial charge in [0, 0.05) is 19.1 Å². The summed E-state index contributed by atoms with van der Waals surface area (Å²) in [6.07, 6.45) is 6.16. The molecule has 85 valence electrons. The second-order valence-electron chi connectivity index (χ2n) is 4.62. The van der Waals surface area contributed by atoms with Crippen molar-refractivity contribution in [1.29, 1.82) is 0 Å². The molecule has 2 rings (SSSR count). The van der Waals surface area contributed by atoms with E-state index >= 15 is 0 Å². The molecule has 1 radical (unpaired) electrons. The predicted octanol–water partition coefficient (Wildman–Crippen LogP) is 1.34. The van der Waals surface area contributed by atoms with Gasteiger partial charge in [0.05, 0.1) is 0 Å². The highest BCUT2D eigenvalue weighted by molar-refractivity contribution is 5.71. The number of urea groups is 1. The summed E-state index contributed by atoms with van der Waals surface area (Å²) in [5.74, 6) is 0. The van der Waals surface area contributed by atoms with Gasteiger partial charge in [0.15, 0.2) is 0 Å². The van der Waals surface area contributed by atoms with E-state index in [2.05, 4.69) is 4.90 Å². The largest absolute Gasteiger partial charge is 0.336 e. The molecule has 0 spiro atoms. The van der Waals surface area contributed by atoms with Crippen molar-refractivity contribution in [2.24, 2.45) is 0 Å². The van der Waals surface area contributed by atoms with Crippen LogP contribution in [0.3, 0.4) is 0 Å². The molecule has 0 aromatic carbocycles. The standard InChI is InChI=1S/C11H20N3O/c12-11(15)14-8-4-10(5-9-14)13-6-2-1-3-7-13/h10,12H,1-9H2. The summed E-state index contributed by atoms with van der Waals surface area (Å²) in [6.45, 7) is 4.03. The number of carbonyl (C=O) groups excluding carboxylic acids is 1. The Bertz CT molecular complexity index is 218. The van der Waals surface area contributed by atoms with Gasteiger partial charge >= 0.3 is 6.03 Å². The molecule has 0 atom stereocenters. The van der Waals surface area contributed by atoms with Crippen LogP contribution in [0.5, 0.6) is 0 Å². The van der Waals surface area contributed by atoms with Crippen LogP contribution in [0.25, 0.3) is 0 Å². The highest BCUT2D eigenvalue weighted by atomic mass is 16.2. The molecule has 0 aromatic heterocycles. The summed E-state index contributed by atoms with van der Waals surface area (Å²) >= 11 is 0. The summed E-state index contributed by atoms with van der Waals surface area (Å²) in [5.41, 5.74) is 7.06. The Morgan fingerprint density at radius 1 is 1.00 bits per heavy atom. The summed E-state index contributed by atoms with van der Waals surface area (Å²) in [5, 5.41) is 0. The average molecular weight is 210 g/mol. The van der Waals surface area contributed by atoms with Crippen LogP contribution < -0.4 is 5.73 Å². The Kier molecular flexibility index (Phi) is 3.46. The molecule has 0 aromatic rings. The zero-order valence-corrected chi connectivity index (χ0v) is 9.24. The van der Waals surface area contributed by atoms with Crippen LogP contribution in [-0.2, 0) is 0 Å². The lowest BCUT2D eigenvalue weighted by molar-refractivity contribution is 0.103. The molecule has 15 heavy (non-hydrogen) atoms. The first-order chi connectivity index (χ1) is 7.27. The van der Waals surface area contributed by atoms with Crippen molar-refractivity contribution in [2.75, 3.05) is 26.2 Å². The van der Waals surface area contributed by atoms with Gasteiger partial charge in [0.25, 0.3) is 0 Å². The first-order valence-electron chi connectivity index (χ1n) is 6.02. The maximum absolute atomic E-state index is 10.9. The van der Waals surface area contributed by atoms with Gasteiger partial charge in [-0.3, -0.25) is 0 Å². The normalized spacial score (nSPS) is 25.5. The number of nitrogens with one attached hydrogen (secondary N) is 1. The van der Waals surface area contributed by atoms with Crippen LogP contribution in [-0.4, -0.2) is 48.1 Å². The Morgan fingerprint density at radius 2 is 1.60 bits per heavy atom. The second kappa shape index (κ2) is 4.84. The minimum atomic E-state index is -0.507. The number of amides is 2. The molecule has 2 aliphatic rings. The lowest BCUT2D eigenvalue weighted by atomic mass is 10.0. The highest BCUT2D eigenvalue weighted by Gasteiger charge is 2.26. The van der Waals surface area contributed by atoms with E-state index in [9.17, 15) is 4.79 Å². The number of hydrogen-bond donors (Lipinski definition) is 0. The van der Waals surface area contributed by atoms with Gasteiger partial charge in [-0.15, -0.1) is 0 Å². The molecule has 4 heteroatoms. The minimum absolute atomic E-state index is 0.507. The Morgan fingerprint density at radius 3 is 2.13 bits per heavy atom. The highest BCUT2D eigenvalue weighted by Crippen LogP contribution is 2.20. The van der Waals surface area contributed by atoms with Gasteiger partial charge in [-0.25, -0.2) is 10.5 Å². The molecule has 1 N–H and O–H groups in total. The van der Waals surface area contributed by atoms with Crippen LogP contribution in [0.1, 0.15) is 32.1 Å². The fourth-order valence-electron chi connectivity index (χ4n) is 2.72. The van der Waals surface area contributed by atoms with Crippen molar-refractivity contribution in [3.63, 3.8) is 0 Å². The molecule has 0 bridgehead atoms. The van der Waals surface area contributed by atoms with Gasteiger partial charge < -0.3 is 9.80 Å². The van der Waals surface area contributed by atoms with E-state index in [-0.39, 0.29) is 0 Å². The molecule has 0 aliphatic carbocycles. The van der Waals surface area contributed by atoms with Crippen LogP contribution in [0.2, 0.25) is 0 Å². The maximum Gasteiger partial charge on any atom is 0.336 e. The van der Waals surface area contributed by atoms with E-state index in [0.717, 1.165) is 25.9 Å². The van der Waals surface area contributed by atoms with E-state index in [1.807, 2.05) is 0 Å². The number of carbonyl (C=O) groups is 1. The molecule has 2 fully saturated rings. The van der Waals surface area contributed by atoms with Gasteiger partial charge in [0.2, 0.25) is 0 Å². The number of likely N-dealkylation sites (tertiary alicyclic amines) is 2.